The minimum absolute atomic E-state index is 0.0466. The Balaban J connectivity index is 0.000000628. The third kappa shape index (κ3) is 11.5. The van der Waals surface area contributed by atoms with Crippen LogP contribution in [0.25, 0.3) is 0 Å². The molecule has 0 saturated heterocycles. The number of hydrogen-bond donors (Lipinski definition) is 1. The van der Waals surface area contributed by atoms with Crippen LogP contribution in [0.15, 0.2) is 18.2 Å². The van der Waals surface area contributed by atoms with Gasteiger partial charge in [0.15, 0.2) is 5.78 Å². The molecule has 0 unspecified atom stereocenters. The molecule has 2 aliphatic rings. The number of aryl methyl sites for hydroxylation is 1. The van der Waals surface area contributed by atoms with Crippen LogP contribution >= 0.6 is 12.6 Å². The summed E-state index contributed by atoms with van der Waals surface area (Å²) in [5, 5.41) is 3.83. The van der Waals surface area contributed by atoms with Crippen molar-refractivity contribution in [3.05, 3.63) is 46.3 Å². The van der Waals surface area contributed by atoms with Gasteiger partial charge < -0.3 is 4.90 Å². The average molecular weight is 560 g/mol. The van der Waals surface area contributed by atoms with E-state index in [-0.39, 0.29) is 17.4 Å². The molecule has 1 saturated carbocycles. The van der Waals surface area contributed by atoms with Crippen LogP contribution < -0.4 is 4.90 Å². The van der Waals surface area contributed by atoms with E-state index in [4.69, 9.17) is 0 Å². The summed E-state index contributed by atoms with van der Waals surface area (Å²) in [7, 11) is 0. The Labute approximate surface area is 245 Å². The van der Waals surface area contributed by atoms with Gasteiger partial charge >= 0.3 is 0 Å². The Hall–Kier alpha value is -2.08. The number of nitrogens with zero attached hydrogens (tertiary/aromatic N) is 3. The smallest absolute Gasteiger partial charge is 0.236 e. The highest BCUT2D eigenvalue weighted by Gasteiger charge is 2.39. The lowest BCUT2D eigenvalue weighted by Crippen LogP contribution is -2.31. The zero-order valence-corrected chi connectivity index (χ0v) is 27.8. The van der Waals surface area contributed by atoms with Gasteiger partial charge in [-0.25, -0.2) is 0 Å². The van der Waals surface area contributed by atoms with Gasteiger partial charge in [-0.3, -0.25) is 14.3 Å². The number of thiol groups is 1. The number of hydrogen-bond acceptors (Lipinski definition) is 4. The monoisotopic (exact) mass is 559 g/mol. The Morgan fingerprint density at radius 1 is 1.05 bits per heavy atom. The maximum absolute atomic E-state index is 11.2. The Morgan fingerprint density at radius 2 is 1.67 bits per heavy atom. The number of aromatic nitrogens is 2. The van der Waals surface area contributed by atoms with Gasteiger partial charge in [0.25, 0.3) is 0 Å². The second-order valence-electron chi connectivity index (χ2n) is 10.1. The van der Waals surface area contributed by atoms with E-state index in [2.05, 4.69) is 68.5 Å². The van der Waals surface area contributed by atoms with Crippen LogP contribution in [0.3, 0.4) is 0 Å². The lowest BCUT2D eigenvalue weighted by Gasteiger charge is -2.30. The first-order valence-corrected chi connectivity index (χ1v) is 15.7. The molecule has 1 fully saturated rings. The van der Waals surface area contributed by atoms with Crippen molar-refractivity contribution in [3.8, 4) is 0 Å². The summed E-state index contributed by atoms with van der Waals surface area (Å²) in [6.45, 7) is 25.4. The van der Waals surface area contributed by atoms with E-state index in [1.165, 1.54) is 62.5 Å². The predicted octanol–water partition coefficient (Wildman–Crippen LogP) is 8.82. The van der Waals surface area contributed by atoms with Gasteiger partial charge in [0.05, 0.1) is 6.54 Å². The first-order chi connectivity index (χ1) is 18.6. The van der Waals surface area contributed by atoms with Gasteiger partial charge in [-0.15, -0.1) is 0 Å². The normalized spacial score (nSPS) is 13.5. The maximum Gasteiger partial charge on any atom is 0.236 e. The minimum atomic E-state index is -0.310. The Kier molecular flexibility index (Phi) is 18.1. The van der Waals surface area contributed by atoms with Crippen molar-refractivity contribution in [2.75, 3.05) is 18.0 Å². The molecule has 0 radical (unpaired) electrons. The molecule has 2 aromatic rings. The van der Waals surface area contributed by atoms with E-state index < -0.39 is 0 Å². The molecule has 0 N–H and O–H groups in total. The highest BCUT2D eigenvalue weighted by molar-refractivity contribution is 7.97. The molecule has 222 valence electrons. The van der Waals surface area contributed by atoms with E-state index >= 15 is 0 Å². The van der Waals surface area contributed by atoms with E-state index in [1.807, 2.05) is 41.5 Å². The zero-order valence-electron chi connectivity index (χ0n) is 26.9. The van der Waals surface area contributed by atoms with Crippen molar-refractivity contribution in [3.63, 3.8) is 0 Å². The van der Waals surface area contributed by atoms with Gasteiger partial charge in [-0.05, 0) is 81.9 Å². The molecule has 39 heavy (non-hydrogen) atoms. The fourth-order valence-electron chi connectivity index (χ4n) is 4.57. The Bertz CT molecular complexity index is 1010. The molecule has 0 aliphatic heterocycles. The summed E-state index contributed by atoms with van der Waals surface area (Å²) in [6, 6.07) is 6.71. The number of carbonyl (C=O) groups is 2. The molecule has 1 aromatic heterocycles. The maximum atomic E-state index is 11.2. The number of carbonyl (C=O) groups excluding carboxylic acids is 2. The van der Waals surface area contributed by atoms with Crippen LogP contribution in [0.2, 0.25) is 0 Å². The molecule has 1 heterocycles. The van der Waals surface area contributed by atoms with Crippen molar-refractivity contribution >= 4 is 29.2 Å². The minimum Gasteiger partial charge on any atom is -0.371 e. The summed E-state index contributed by atoms with van der Waals surface area (Å²) < 4.78 is 1.65. The van der Waals surface area contributed by atoms with Crippen molar-refractivity contribution < 1.29 is 9.59 Å². The van der Waals surface area contributed by atoms with Gasteiger partial charge in [0.1, 0.15) is 5.69 Å². The molecule has 0 spiro atoms. The van der Waals surface area contributed by atoms with Crippen LogP contribution in [0.4, 0.5) is 5.69 Å². The van der Waals surface area contributed by atoms with Crippen LogP contribution in [0, 0.1) is 19.3 Å². The summed E-state index contributed by atoms with van der Waals surface area (Å²) in [6.07, 6.45) is 8.17. The van der Waals surface area contributed by atoms with Crippen molar-refractivity contribution in [2.24, 2.45) is 5.41 Å². The fourth-order valence-corrected chi connectivity index (χ4v) is 4.75. The van der Waals surface area contributed by atoms with Crippen molar-refractivity contribution in [1.82, 2.24) is 9.78 Å². The molecule has 0 atom stereocenters. The highest BCUT2D eigenvalue weighted by Crippen LogP contribution is 2.46. The van der Waals surface area contributed by atoms with Crippen LogP contribution in [-0.4, -0.2) is 33.8 Å². The highest BCUT2D eigenvalue weighted by atomic mass is 32.1. The molecule has 2 aliphatic carbocycles. The van der Waals surface area contributed by atoms with E-state index in [9.17, 15) is 9.59 Å². The Morgan fingerprint density at radius 3 is 2.18 bits per heavy atom. The molecular formula is C33H57N3O2S. The standard InChI is InChI=1S/C17H27N.C10H12N2O2S.3C2H6/c1-5-6-12-18(13-17(4)10-11-17)16-9-7-8-14(2)15(16)3;1-6(13)5-12-8-4-2-3-7(8)9(11-12)10(14)15;3*1-2/h7-9H,5-6,10-13H2,1-4H3;2-5H2,1H3,(H,14,15);3*1-2H3. The molecular weight excluding hydrogens is 502 g/mol. The van der Waals surface area contributed by atoms with E-state index in [1.54, 1.807) is 4.68 Å². The third-order valence-corrected chi connectivity index (χ3v) is 7.17. The van der Waals surface area contributed by atoms with Crippen LogP contribution in [-0.2, 0) is 24.2 Å². The van der Waals surface area contributed by atoms with Gasteiger partial charge in [-0.1, -0.05) is 86.6 Å². The molecule has 0 amide bonds. The number of fused-ring (bicyclic) bond motifs is 1. The summed E-state index contributed by atoms with van der Waals surface area (Å²) in [5.41, 5.74) is 7.35. The molecule has 4 rings (SSSR count). The number of Topliss-reactive ketones (excluding diaryl/α,β-unsaturated/α-hetero) is 1. The van der Waals surface area contributed by atoms with Crippen LogP contribution in [0.1, 0.15) is 127 Å². The first kappa shape index (κ1) is 36.9. The zero-order chi connectivity index (χ0) is 30.2. The number of unbranched alkanes of at least 4 members (excludes halogenated alkanes) is 1. The first-order valence-electron chi connectivity index (χ1n) is 15.3. The van der Waals surface area contributed by atoms with Crippen LogP contribution in [0.5, 0.6) is 0 Å². The van der Waals surface area contributed by atoms with Gasteiger partial charge in [-0.2, -0.15) is 5.10 Å². The molecule has 0 bridgehead atoms. The second-order valence-corrected chi connectivity index (χ2v) is 10.5. The summed E-state index contributed by atoms with van der Waals surface area (Å²) in [5.74, 6) is 0.0466. The van der Waals surface area contributed by atoms with Crippen molar-refractivity contribution in [1.29, 1.82) is 0 Å². The quantitative estimate of drug-likeness (QED) is 0.312. The number of benzene rings is 1. The third-order valence-electron chi connectivity index (χ3n) is 6.96. The summed E-state index contributed by atoms with van der Waals surface area (Å²) in [4.78, 5) is 24.9. The molecule has 5 nitrogen and oxygen atoms in total. The largest absolute Gasteiger partial charge is 0.371 e. The van der Waals surface area contributed by atoms with Gasteiger partial charge in [0, 0.05) is 30.0 Å². The lowest BCUT2D eigenvalue weighted by molar-refractivity contribution is -0.117. The second kappa shape index (κ2) is 19.1. The summed E-state index contributed by atoms with van der Waals surface area (Å²) >= 11 is 3.79. The lowest BCUT2D eigenvalue weighted by atomic mass is 10.0. The van der Waals surface area contributed by atoms with Gasteiger partial charge in [0.2, 0.25) is 5.12 Å². The topological polar surface area (TPSA) is 55.2 Å². The SMILES string of the molecule is CC.CC.CC.CC(=O)Cn1nc(C(=O)S)c2c1CCC2.CCCCN(CC1(C)CC1)c1cccc(C)c1C. The average Bonchev–Trinajstić information content (AvgIpc) is 3.31. The number of ketones is 1. The van der Waals surface area contributed by atoms with E-state index in [0.29, 0.717) is 11.1 Å². The number of rotatable bonds is 9. The van der Waals surface area contributed by atoms with E-state index in [0.717, 1.165) is 30.5 Å². The van der Waals surface area contributed by atoms with Crippen molar-refractivity contribution in [2.45, 2.75) is 128 Å². The number of anilines is 1. The fraction of sp³-hybridized carbons (Fsp3) is 0.667. The predicted molar refractivity (Wildman–Crippen MR) is 173 cm³/mol. The molecule has 6 heteroatoms. The molecule has 1 aromatic carbocycles.